The van der Waals surface area contributed by atoms with Crippen LogP contribution in [0.3, 0.4) is 0 Å². The van der Waals surface area contributed by atoms with Crippen LogP contribution in [-0.2, 0) is 4.43 Å². The Balaban J connectivity index is 3.22. The van der Waals surface area contributed by atoms with Gasteiger partial charge in [0.05, 0.1) is 12.2 Å². The number of hydrogen-bond donors (Lipinski definition) is 1. The fourth-order valence-electron chi connectivity index (χ4n) is 4.52. The zero-order valence-corrected chi connectivity index (χ0v) is 17.2. The lowest BCUT2D eigenvalue weighted by Gasteiger charge is -2.56. The highest BCUT2D eigenvalue weighted by Gasteiger charge is 2.57. The lowest BCUT2D eigenvalue weighted by atomic mass is 9.86. The fourth-order valence-corrected chi connectivity index (χ4v) is 10.8. The first-order valence-corrected chi connectivity index (χ1v) is 11.5. The molecule has 3 heteroatoms. The summed E-state index contributed by atoms with van der Waals surface area (Å²) in [4.78, 5) is 0. The number of hydrogen-bond acceptors (Lipinski definition) is 2. The summed E-state index contributed by atoms with van der Waals surface area (Å²) >= 11 is 0. The smallest absolute Gasteiger partial charge is 0.204 e. The Hall–Kier alpha value is 0.137. The molecule has 0 spiro atoms. The highest BCUT2D eigenvalue weighted by atomic mass is 28.4. The van der Waals surface area contributed by atoms with E-state index in [0.29, 0.717) is 0 Å². The van der Waals surface area contributed by atoms with Crippen LogP contribution in [0, 0.1) is 0 Å². The molecule has 0 aliphatic heterocycles. The summed E-state index contributed by atoms with van der Waals surface area (Å²) in [7, 11) is -2.06. The third-order valence-electron chi connectivity index (χ3n) is 5.75. The summed E-state index contributed by atoms with van der Waals surface area (Å²) in [5.41, 5.74) is -0.265. The maximum absolute atomic E-state index is 10.2. The first kappa shape index (κ1) is 20.2. The molecule has 0 bridgehead atoms. The van der Waals surface area contributed by atoms with Crippen LogP contribution in [0.4, 0.5) is 0 Å². The Bertz CT molecular complexity index is 318. The van der Waals surface area contributed by atoms with E-state index in [1.807, 2.05) is 0 Å². The molecule has 0 unspecified atom stereocenters. The molecule has 0 aromatic carbocycles. The normalized spacial score (nSPS) is 20.2. The topological polar surface area (TPSA) is 29.5 Å². The van der Waals surface area contributed by atoms with Gasteiger partial charge >= 0.3 is 0 Å². The Morgan fingerprint density at radius 2 is 1.45 bits per heavy atom. The molecule has 1 saturated carbocycles. The second-order valence-corrected chi connectivity index (χ2v) is 14.8. The van der Waals surface area contributed by atoms with Crippen LogP contribution in [-0.4, -0.2) is 25.6 Å². The van der Waals surface area contributed by atoms with Crippen LogP contribution in [0.2, 0.25) is 16.1 Å². The lowest BCUT2D eigenvalue weighted by molar-refractivity contribution is -0.0369. The minimum atomic E-state index is -2.06. The molecule has 0 heterocycles. The van der Waals surface area contributed by atoms with Crippen molar-refractivity contribution < 1.29 is 9.53 Å². The molecule has 1 aliphatic rings. The number of aliphatic hydroxyl groups is 1. The SMILES string of the molecule is CCCC[Si](OC1(CO)CCCCC1)(C(C)(C)C)C(C)(C)C. The Labute approximate surface area is 140 Å². The molecular weight excluding hydrogens is 288 g/mol. The van der Waals surface area contributed by atoms with Crippen molar-refractivity contribution in [3.8, 4) is 0 Å². The van der Waals surface area contributed by atoms with E-state index < -0.39 is 8.32 Å². The van der Waals surface area contributed by atoms with Crippen molar-refractivity contribution in [2.24, 2.45) is 0 Å². The third kappa shape index (κ3) is 4.15. The van der Waals surface area contributed by atoms with Crippen LogP contribution in [0.5, 0.6) is 0 Å². The molecule has 0 saturated heterocycles. The van der Waals surface area contributed by atoms with Gasteiger partial charge in [-0.3, -0.25) is 0 Å². The van der Waals surface area contributed by atoms with E-state index in [9.17, 15) is 5.11 Å². The van der Waals surface area contributed by atoms with E-state index in [-0.39, 0.29) is 22.3 Å². The van der Waals surface area contributed by atoms with Crippen LogP contribution in [0.1, 0.15) is 93.4 Å². The lowest BCUT2D eigenvalue weighted by Crippen LogP contribution is -2.60. The van der Waals surface area contributed by atoms with E-state index in [1.54, 1.807) is 0 Å². The van der Waals surface area contributed by atoms with Gasteiger partial charge in [0.1, 0.15) is 0 Å². The zero-order chi connectivity index (χ0) is 17.1. The van der Waals surface area contributed by atoms with Crippen molar-refractivity contribution in [2.75, 3.05) is 6.61 Å². The molecule has 1 rings (SSSR count). The third-order valence-corrected chi connectivity index (χ3v) is 12.4. The van der Waals surface area contributed by atoms with Crippen LogP contribution >= 0.6 is 0 Å². The summed E-state index contributed by atoms with van der Waals surface area (Å²) in [6.07, 6.45) is 8.23. The second kappa shape index (κ2) is 7.35. The fraction of sp³-hybridized carbons (Fsp3) is 1.00. The van der Waals surface area contributed by atoms with Gasteiger partial charge in [-0.1, -0.05) is 80.6 Å². The molecule has 132 valence electrons. The van der Waals surface area contributed by atoms with E-state index in [1.165, 1.54) is 38.1 Å². The summed E-state index contributed by atoms with van der Waals surface area (Å²) in [6, 6.07) is 1.21. The Morgan fingerprint density at radius 3 is 1.82 bits per heavy atom. The summed E-state index contributed by atoms with van der Waals surface area (Å²) < 4.78 is 7.14. The molecule has 0 amide bonds. The molecule has 0 radical (unpaired) electrons. The molecule has 22 heavy (non-hydrogen) atoms. The van der Waals surface area contributed by atoms with Gasteiger partial charge in [-0.25, -0.2) is 0 Å². The van der Waals surface area contributed by atoms with E-state index >= 15 is 0 Å². The summed E-state index contributed by atoms with van der Waals surface area (Å²) in [6.45, 7) is 16.7. The van der Waals surface area contributed by atoms with E-state index in [4.69, 9.17) is 4.43 Å². The average Bonchev–Trinajstić information content (AvgIpc) is 2.42. The first-order valence-electron chi connectivity index (χ1n) is 9.35. The number of unbranched alkanes of at least 4 members (excludes halogenated alkanes) is 1. The molecule has 1 aliphatic carbocycles. The maximum Gasteiger partial charge on any atom is 0.204 e. The van der Waals surface area contributed by atoms with Crippen LogP contribution < -0.4 is 0 Å². The predicted octanol–water partition coefficient (Wildman–Crippen LogP) is 6.04. The van der Waals surface area contributed by atoms with Gasteiger partial charge in [-0.15, -0.1) is 0 Å². The van der Waals surface area contributed by atoms with Gasteiger partial charge in [0.25, 0.3) is 0 Å². The minimum absolute atomic E-state index is 0.181. The summed E-state index contributed by atoms with van der Waals surface area (Å²) in [5, 5.41) is 10.5. The highest BCUT2D eigenvalue weighted by molar-refractivity contribution is 6.79. The number of aliphatic hydroxyl groups excluding tert-OH is 1. The predicted molar refractivity (Wildman–Crippen MR) is 98.9 cm³/mol. The van der Waals surface area contributed by atoms with Crippen molar-refractivity contribution >= 4 is 8.32 Å². The van der Waals surface area contributed by atoms with E-state index in [0.717, 1.165) is 12.8 Å². The molecule has 0 aromatic heterocycles. The number of rotatable bonds is 6. The van der Waals surface area contributed by atoms with Crippen molar-refractivity contribution in [1.82, 2.24) is 0 Å². The Kier molecular flexibility index (Phi) is 6.75. The van der Waals surface area contributed by atoms with Gasteiger partial charge < -0.3 is 9.53 Å². The van der Waals surface area contributed by atoms with Crippen molar-refractivity contribution in [2.45, 2.75) is 115 Å². The molecule has 0 aromatic rings. The first-order chi connectivity index (χ1) is 10.0. The maximum atomic E-state index is 10.2. The molecule has 2 nitrogen and oxygen atoms in total. The summed E-state index contributed by atoms with van der Waals surface area (Å²) in [5.74, 6) is 0. The molecular formula is C19H40O2Si. The molecule has 1 fully saturated rings. The minimum Gasteiger partial charge on any atom is -0.408 e. The van der Waals surface area contributed by atoms with Gasteiger partial charge in [-0.2, -0.15) is 0 Å². The van der Waals surface area contributed by atoms with Gasteiger partial charge in [-0.05, 0) is 29.0 Å². The average molecular weight is 329 g/mol. The monoisotopic (exact) mass is 328 g/mol. The Morgan fingerprint density at radius 1 is 0.955 bits per heavy atom. The van der Waals surface area contributed by atoms with Gasteiger partial charge in [0.15, 0.2) is 0 Å². The van der Waals surface area contributed by atoms with Crippen molar-refractivity contribution in [3.05, 3.63) is 0 Å². The second-order valence-electron chi connectivity index (χ2n) is 9.43. The van der Waals surface area contributed by atoms with Gasteiger partial charge in [0.2, 0.25) is 8.32 Å². The largest absolute Gasteiger partial charge is 0.408 e. The quantitative estimate of drug-likeness (QED) is 0.602. The molecule has 0 atom stereocenters. The van der Waals surface area contributed by atoms with Crippen LogP contribution in [0.15, 0.2) is 0 Å². The van der Waals surface area contributed by atoms with Crippen molar-refractivity contribution in [3.63, 3.8) is 0 Å². The standard InChI is InChI=1S/C19H40O2Si/c1-8-9-15-22(17(2,3)4,18(5,6)7)21-19(16-20)13-11-10-12-14-19/h20H,8-16H2,1-7H3. The zero-order valence-electron chi connectivity index (χ0n) is 16.2. The van der Waals surface area contributed by atoms with Crippen molar-refractivity contribution in [1.29, 1.82) is 0 Å². The van der Waals surface area contributed by atoms with Crippen LogP contribution in [0.25, 0.3) is 0 Å². The highest BCUT2D eigenvalue weighted by Crippen LogP contribution is 2.57. The van der Waals surface area contributed by atoms with E-state index in [2.05, 4.69) is 48.5 Å². The van der Waals surface area contributed by atoms with Gasteiger partial charge in [0, 0.05) is 0 Å². The molecule has 1 N–H and O–H groups in total.